The molecule has 1 saturated heterocycles. The number of carbonyl (C=O) groups excluding carboxylic acids is 1. The fourth-order valence-corrected chi connectivity index (χ4v) is 2.48. The molecule has 22 heavy (non-hydrogen) atoms. The number of ether oxygens (including phenoxy) is 1. The van der Waals surface area contributed by atoms with Gasteiger partial charge in [0.1, 0.15) is 5.75 Å². The lowest BCUT2D eigenvalue weighted by molar-refractivity contribution is -0.130. The summed E-state index contributed by atoms with van der Waals surface area (Å²) in [6.07, 6.45) is 3.46. The lowest BCUT2D eigenvalue weighted by Crippen LogP contribution is -2.34. The number of halogens is 1. The zero-order chi connectivity index (χ0) is 14.9. The molecule has 1 aromatic carbocycles. The summed E-state index contributed by atoms with van der Waals surface area (Å²) in [5, 5.41) is 3.32. The molecule has 1 aliphatic heterocycles. The van der Waals surface area contributed by atoms with Crippen molar-refractivity contribution in [1.82, 2.24) is 10.2 Å². The first-order chi connectivity index (χ1) is 10.3. The Balaban J connectivity index is 0.00000242. The number of nitrogens with one attached hydrogen (secondary N) is 1. The van der Waals surface area contributed by atoms with E-state index in [1.807, 2.05) is 17.0 Å². The Bertz CT molecular complexity index is 429. The van der Waals surface area contributed by atoms with Crippen LogP contribution >= 0.6 is 12.4 Å². The van der Waals surface area contributed by atoms with E-state index in [0.717, 1.165) is 57.8 Å². The highest BCUT2D eigenvalue weighted by molar-refractivity contribution is 5.85. The summed E-state index contributed by atoms with van der Waals surface area (Å²) >= 11 is 0. The van der Waals surface area contributed by atoms with Crippen molar-refractivity contribution in [3.8, 4) is 5.75 Å². The molecule has 0 aromatic heterocycles. The van der Waals surface area contributed by atoms with E-state index in [1.165, 1.54) is 5.56 Å². The van der Waals surface area contributed by atoms with Gasteiger partial charge in [-0.25, -0.2) is 0 Å². The van der Waals surface area contributed by atoms with Crippen molar-refractivity contribution in [1.29, 1.82) is 0 Å². The molecule has 124 valence electrons. The van der Waals surface area contributed by atoms with E-state index in [4.69, 9.17) is 4.74 Å². The van der Waals surface area contributed by atoms with Gasteiger partial charge in [-0.05, 0) is 43.5 Å². The standard InChI is InChI=1S/C17H26N2O2.ClH/c1-2-14-21-16-7-4-15(5-8-16)6-9-17(20)19-12-3-10-18-11-13-19;/h4-5,7-8,18H,2-3,6,9-14H2,1H3;1H. The fraction of sp³-hybridized carbons (Fsp3) is 0.588. The molecule has 1 amide bonds. The Morgan fingerprint density at radius 3 is 2.73 bits per heavy atom. The van der Waals surface area contributed by atoms with E-state index in [9.17, 15) is 4.79 Å². The third-order valence-corrected chi connectivity index (χ3v) is 3.72. The average Bonchev–Trinajstić information content (AvgIpc) is 2.81. The maximum absolute atomic E-state index is 12.2. The minimum absolute atomic E-state index is 0. The predicted octanol–water partition coefficient (Wildman–Crippen LogP) is 2.65. The van der Waals surface area contributed by atoms with Gasteiger partial charge in [-0.15, -0.1) is 12.4 Å². The van der Waals surface area contributed by atoms with Crippen LogP contribution in [0.3, 0.4) is 0 Å². The van der Waals surface area contributed by atoms with Crippen molar-refractivity contribution in [2.45, 2.75) is 32.6 Å². The molecular formula is C17H27ClN2O2. The van der Waals surface area contributed by atoms with Gasteiger partial charge in [-0.2, -0.15) is 0 Å². The van der Waals surface area contributed by atoms with Crippen LogP contribution in [0.1, 0.15) is 31.7 Å². The lowest BCUT2D eigenvalue weighted by atomic mass is 10.1. The maximum Gasteiger partial charge on any atom is 0.222 e. The molecule has 0 atom stereocenters. The van der Waals surface area contributed by atoms with Crippen molar-refractivity contribution in [2.24, 2.45) is 0 Å². The second-order valence-electron chi connectivity index (χ2n) is 5.48. The normalized spacial score (nSPS) is 14.9. The van der Waals surface area contributed by atoms with Crippen LogP contribution in [0.15, 0.2) is 24.3 Å². The first kappa shape index (κ1) is 18.8. The Morgan fingerprint density at radius 1 is 1.23 bits per heavy atom. The summed E-state index contributed by atoms with van der Waals surface area (Å²) in [6.45, 7) is 6.50. The van der Waals surface area contributed by atoms with E-state index in [1.54, 1.807) is 0 Å². The number of benzene rings is 1. The zero-order valence-corrected chi connectivity index (χ0v) is 14.2. The smallest absolute Gasteiger partial charge is 0.222 e. The summed E-state index contributed by atoms with van der Waals surface area (Å²) in [4.78, 5) is 14.2. The van der Waals surface area contributed by atoms with Crippen molar-refractivity contribution < 1.29 is 9.53 Å². The largest absolute Gasteiger partial charge is 0.494 e. The van der Waals surface area contributed by atoms with Crippen molar-refractivity contribution in [2.75, 3.05) is 32.8 Å². The monoisotopic (exact) mass is 326 g/mol. The number of hydrogen-bond donors (Lipinski definition) is 1. The van der Waals surface area contributed by atoms with E-state index < -0.39 is 0 Å². The van der Waals surface area contributed by atoms with Gasteiger partial charge in [0, 0.05) is 26.1 Å². The van der Waals surface area contributed by atoms with Crippen LogP contribution in [0.4, 0.5) is 0 Å². The van der Waals surface area contributed by atoms with Crippen LogP contribution in [-0.4, -0.2) is 43.6 Å². The van der Waals surface area contributed by atoms with E-state index >= 15 is 0 Å². The van der Waals surface area contributed by atoms with Gasteiger partial charge in [0.2, 0.25) is 5.91 Å². The second kappa shape index (κ2) is 10.5. The number of carbonyl (C=O) groups is 1. The Morgan fingerprint density at radius 2 is 2.00 bits per heavy atom. The molecule has 5 heteroatoms. The number of nitrogens with zero attached hydrogens (tertiary/aromatic N) is 1. The van der Waals surface area contributed by atoms with Crippen molar-refractivity contribution in [3.05, 3.63) is 29.8 Å². The van der Waals surface area contributed by atoms with Crippen LogP contribution in [-0.2, 0) is 11.2 Å². The molecular weight excluding hydrogens is 300 g/mol. The minimum Gasteiger partial charge on any atom is -0.494 e. The summed E-state index contributed by atoms with van der Waals surface area (Å²) in [6, 6.07) is 8.10. The number of rotatable bonds is 6. The molecule has 0 aliphatic carbocycles. The molecule has 1 N–H and O–H groups in total. The highest BCUT2D eigenvalue weighted by Gasteiger charge is 2.14. The molecule has 4 nitrogen and oxygen atoms in total. The van der Waals surface area contributed by atoms with E-state index in [0.29, 0.717) is 6.42 Å². The molecule has 2 rings (SSSR count). The molecule has 0 unspecified atom stereocenters. The highest BCUT2D eigenvalue weighted by atomic mass is 35.5. The van der Waals surface area contributed by atoms with Gasteiger partial charge in [-0.1, -0.05) is 19.1 Å². The van der Waals surface area contributed by atoms with E-state index in [-0.39, 0.29) is 18.3 Å². The molecule has 0 spiro atoms. The number of amides is 1. The lowest BCUT2D eigenvalue weighted by Gasteiger charge is -2.19. The zero-order valence-electron chi connectivity index (χ0n) is 13.3. The van der Waals surface area contributed by atoms with Gasteiger partial charge >= 0.3 is 0 Å². The molecule has 1 fully saturated rings. The third-order valence-electron chi connectivity index (χ3n) is 3.72. The molecule has 0 saturated carbocycles. The number of hydrogen-bond acceptors (Lipinski definition) is 3. The first-order valence-corrected chi connectivity index (χ1v) is 8.00. The Kier molecular flexibility index (Phi) is 8.94. The average molecular weight is 327 g/mol. The highest BCUT2D eigenvalue weighted by Crippen LogP contribution is 2.14. The van der Waals surface area contributed by atoms with E-state index in [2.05, 4.69) is 24.4 Å². The fourth-order valence-electron chi connectivity index (χ4n) is 2.48. The van der Waals surface area contributed by atoms with Crippen LogP contribution in [0, 0.1) is 0 Å². The first-order valence-electron chi connectivity index (χ1n) is 8.00. The molecule has 0 radical (unpaired) electrons. The molecule has 0 bridgehead atoms. The summed E-state index contributed by atoms with van der Waals surface area (Å²) in [5.41, 5.74) is 1.19. The maximum atomic E-state index is 12.2. The van der Waals surface area contributed by atoms with Gasteiger partial charge in [-0.3, -0.25) is 4.79 Å². The van der Waals surface area contributed by atoms with Crippen molar-refractivity contribution in [3.63, 3.8) is 0 Å². The SMILES string of the molecule is CCCOc1ccc(CCC(=O)N2CCCNCC2)cc1.Cl. The quantitative estimate of drug-likeness (QED) is 0.874. The third kappa shape index (κ3) is 6.24. The number of aryl methyl sites for hydroxylation is 1. The van der Waals surface area contributed by atoms with Crippen molar-refractivity contribution >= 4 is 18.3 Å². The Hall–Kier alpha value is -1.26. The summed E-state index contributed by atoms with van der Waals surface area (Å²) in [7, 11) is 0. The van der Waals surface area contributed by atoms with Crippen LogP contribution in [0.25, 0.3) is 0 Å². The van der Waals surface area contributed by atoms with Crippen LogP contribution in [0.2, 0.25) is 0 Å². The molecule has 1 aliphatic rings. The summed E-state index contributed by atoms with van der Waals surface area (Å²) < 4.78 is 5.56. The van der Waals surface area contributed by atoms with Gasteiger partial charge < -0.3 is 15.0 Å². The minimum atomic E-state index is 0. The molecule has 1 heterocycles. The van der Waals surface area contributed by atoms with Gasteiger partial charge in [0.05, 0.1) is 6.61 Å². The van der Waals surface area contributed by atoms with Gasteiger partial charge in [0.15, 0.2) is 0 Å². The van der Waals surface area contributed by atoms with Crippen LogP contribution in [0.5, 0.6) is 5.75 Å². The van der Waals surface area contributed by atoms with Crippen LogP contribution < -0.4 is 10.1 Å². The Labute approximate surface area is 139 Å². The topological polar surface area (TPSA) is 41.6 Å². The molecule has 1 aromatic rings. The second-order valence-corrected chi connectivity index (χ2v) is 5.48. The predicted molar refractivity (Wildman–Crippen MR) is 91.9 cm³/mol. The summed E-state index contributed by atoms with van der Waals surface area (Å²) in [5.74, 6) is 1.18. The van der Waals surface area contributed by atoms with Gasteiger partial charge in [0.25, 0.3) is 0 Å².